The second-order valence-electron chi connectivity index (χ2n) is 6.19. The number of nitrogens with zero attached hydrogens (tertiary/aromatic N) is 2. The molecule has 2 fully saturated rings. The van der Waals surface area contributed by atoms with Gasteiger partial charge in [0.05, 0.1) is 17.4 Å². The summed E-state index contributed by atoms with van der Waals surface area (Å²) in [7, 11) is 0. The van der Waals surface area contributed by atoms with Crippen molar-refractivity contribution in [2.24, 2.45) is 0 Å². The van der Waals surface area contributed by atoms with E-state index in [0.717, 1.165) is 31.0 Å². The van der Waals surface area contributed by atoms with Crippen LogP contribution in [-0.2, 0) is 6.54 Å². The normalized spacial score (nSPS) is 26.1. The van der Waals surface area contributed by atoms with Gasteiger partial charge in [-0.05, 0) is 31.4 Å². The van der Waals surface area contributed by atoms with Gasteiger partial charge in [0, 0.05) is 25.2 Å². The van der Waals surface area contributed by atoms with Gasteiger partial charge in [0.15, 0.2) is 0 Å². The molecule has 0 aliphatic carbocycles. The fourth-order valence-electron chi connectivity index (χ4n) is 3.58. The van der Waals surface area contributed by atoms with E-state index in [-0.39, 0.29) is 5.56 Å². The van der Waals surface area contributed by atoms with E-state index in [2.05, 4.69) is 20.2 Å². The Kier molecular flexibility index (Phi) is 3.24. The van der Waals surface area contributed by atoms with Crippen LogP contribution < -0.4 is 10.9 Å². The third kappa shape index (κ3) is 2.59. The number of hydrogen-bond donors (Lipinski definition) is 2. The van der Waals surface area contributed by atoms with Crippen molar-refractivity contribution in [2.45, 2.75) is 37.9 Å². The number of aromatic amines is 1. The molecule has 2 saturated heterocycles. The highest BCUT2D eigenvalue weighted by Crippen LogP contribution is 2.21. The van der Waals surface area contributed by atoms with Crippen molar-refractivity contribution >= 4 is 10.9 Å². The molecule has 0 amide bonds. The lowest BCUT2D eigenvalue weighted by molar-refractivity contribution is 0.245. The minimum atomic E-state index is -0.0370. The third-order valence-corrected chi connectivity index (χ3v) is 4.64. The average Bonchev–Trinajstić information content (AvgIpc) is 2.82. The van der Waals surface area contributed by atoms with Crippen molar-refractivity contribution in [3.8, 4) is 0 Å². The van der Waals surface area contributed by atoms with Gasteiger partial charge >= 0.3 is 0 Å². The zero-order valence-electron chi connectivity index (χ0n) is 12.0. The Labute approximate surface area is 123 Å². The van der Waals surface area contributed by atoms with Gasteiger partial charge in [-0.2, -0.15) is 0 Å². The van der Waals surface area contributed by atoms with Crippen LogP contribution in [-0.4, -0.2) is 40.0 Å². The van der Waals surface area contributed by atoms with Gasteiger partial charge in [0.25, 0.3) is 5.56 Å². The number of nitrogens with one attached hydrogen (secondary N) is 2. The van der Waals surface area contributed by atoms with Crippen LogP contribution in [0.15, 0.2) is 29.1 Å². The number of aromatic nitrogens is 2. The van der Waals surface area contributed by atoms with Crippen molar-refractivity contribution in [1.82, 2.24) is 20.2 Å². The number of para-hydroxylation sites is 1. The van der Waals surface area contributed by atoms with Gasteiger partial charge in [0.1, 0.15) is 5.82 Å². The second kappa shape index (κ2) is 5.24. The van der Waals surface area contributed by atoms with Gasteiger partial charge in [-0.1, -0.05) is 12.1 Å². The largest absolute Gasteiger partial charge is 0.310 e. The molecule has 2 aliphatic heterocycles. The summed E-state index contributed by atoms with van der Waals surface area (Å²) in [5.74, 6) is 0.775. The molecule has 2 unspecified atom stereocenters. The van der Waals surface area contributed by atoms with E-state index >= 15 is 0 Å². The summed E-state index contributed by atoms with van der Waals surface area (Å²) < 4.78 is 0. The maximum absolute atomic E-state index is 12.1. The number of likely N-dealkylation sites (tertiary alicyclic amines) is 1. The standard InChI is InChI=1S/C16H20N4O/c21-16-13-3-1-2-4-14(13)18-15(19-16)10-20-8-7-11-5-6-12(9-20)17-11/h1-4,11-12,17H,5-10H2,(H,18,19,21). The van der Waals surface area contributed by atoms with Crippen LogP contribution in [0.5, 0.6) is 0 Å². The van der Waals surface area contributed by atoms with Crippen LogP contribution in [0.4, 0.5) is 0 Å². The first-order valence-corrected chi connectivity index (χ1v) is 7.74. The van der Waals surface area contributed by atoms with Gasteiger partial charge in [0.2, 0.25) is 0 Å². The molecule has 1 aromatic carbocycles. The predicted molar refractivity (Wildman–Crippen MR) is 82.2 cm³/mol. The molecule has 2 aromatic rings. The zero-order chi connectivity index (χ0) is 14.2. The number of H-pyrrole nitrogens is 1. The predicted octanol–water partition coefficient (Wildman–Crippen LogP) is 1.25. The van der Waals surface area contributed by atoms with Gasteiger partial charge in [-0.25, -0.2) is 4.98 Å². The molecule has 5 nitrogen and oxygen atoms in total. The lowest BCUT2D eigenvalue weighted by Crippen LogP contribution is -2.35. The van der Waals surface area contributed by atoms with Crippen molar-refractivity contribution in [3.63, 3.8) is 0 Å². The summed E-state index contributed by atoms with van der Waals surface area (Å²) in [5.41, 5.74) is 0.746. The fraction of sp³-hybridized carbons (Fsp3) is 0.500. The van der Waals surface area contributed by atoms with Crippen LogP contribution in [0.2, 0.25) is 0 Å². The van der Waals surface area contributed by atoms with E-state index in [9.17, 15) is 4.79 Å². The van der Waals surface area contributed by atoms with Crippen LogP contribution in [0.1, 0.15) is 25.1 Å². The molecule has 110 valence electrons. The first-order chi connectivity index (χ1) is 10.3. The lowest BCUT2D eigenvalue weighted by Gasteiger charge is -2.23. The highest BCUT2D eigenvalue weighted by atomic mass is 16.1. The first-order valence-electron chi connectivity index (χ1n) is 7.74. The molecular formula is C16H20N4O. The van der Waals surface area contributed by atoms with Crippen molar-refractivity contribution < 1.29 is 0 Å². The number of fused-ring (bicyclic) bond motifs is 3. The number of benzene rings is 1. The maximum Gasteiger partial charge on any atom is 0.258 e. The van der Waals surface area contributed by atoms with Crippen molar-refractivity contribution in [2.75, 3.05) is 13.1 Å². The molecule has 1 aromatic heterocycles. The first kappa shape index (κ1) is 13.0. The Hall–Kier alpha value is -1.72. The van der Waals surface area contributed by atoms with E-state index in [0.29, 0.717) is 17.5 Å². The van der Waals surface area contributed by atoms with Crippen molar-refractivity contribution in [1.29, 1.82) is 0 Å². The lowest BCUT2D eigenvalue weighted by atomic mass is 10.1. The summed E-state index contributed by atoms with van der Waals surface area (Å²) in [4.78, 5) is 22.1. The van der Waals surface area contributed by atoms with Crippen LogP contribution in [0, 0.1) is 0 Å². The molecule has 2 bridgehead atoms. The van der Waals surface area contributed by atoms with Crippen molar-refractivity contribution in [3.05, 3.63) is 40.4 Å². The van der Waals surface area contributed by atoms with E-state index in [1.807, 2.05) is 24.3 Å². The molecule has 4 rings (SSSR count). The van der Waals surface area contributed by atoms with Crippen LogP contribution in [0.3, 0.4) is 0 Å². The van der Waals surface area contributed by atoms with Gasteiger partial charge in [-0.15, -0.1) is 0 Å². The Morgan fingerprint density at radius 1 is 1.19 bits per heavy atom. The zero-order valence-corrected chi connectivity index (χ0v) is 12.0. The molecule has 2 atom stereocenters. The molecule has 0 radical (unpaired) electrons. The molecule has 21 heavy (non-hydrogen) atoms. The molecule has 3 heterocycles. The summed E-state index contributed by atoms with van der Waals surface area (Å²) >= 11 is 0. The smallest absolute Gasteiger partial charge is 0.258 e. The third-order valence-electron chi connectivity index (χ3n) is 4.64. The Balaban J connectivity index is 1.58. The molecule has 2 aliphatic rings. The topological polar surface area (TPSA) is 61.0 Å². The Bertz CT molecular complexity index is 711. The summed E-state index contributed by atoms with van der Waals surface area (Å²) in [5, 5.41) is 4.34. The van der Waals surface area contributed by atoms with Gasteiger partial charge in [-0.3, -0.25) is 9.69 Å². The Morgan fingerprint density at radius 3 is 3.00 bits per heavy atom. The van der Waals surface area contributed by atoms with E-state index in [1.165, 1.54) is 19.3 Å². The van der Waals surface area contributed by atoms with Crippen LogP contribution >= 0.6 is 0 Å². The highest BCUT2D eigenvalue weighted by Gasteiger charge is 2.29. The highest BCUT2D eigenvalue weighted by molar-refractivity contribution is 5.77. The minimum absolute atomic E-state index is 0.0370. The maximum atomic E-state index is 12.1. The SMILES string of the molecule is O=c1[nH]c(CN2CCC3CCC(C2)N3)nc2ccccc12. The summed E-state index contributed by atoms with van der Waals surface area (Å²) in [6.45, 7) is 2.85. The molecular weight excluding hydrogens is 264 g/mol. The molecule has 2 N–H and O–H groups in total. The monoisotopic (exact) mass is 284 g/mol. The fourth-order valence-corrected chi connectivity index (χ4v) is 3.58. The summed E-state index contributed by atoms with van der Waals surface area (Å²) in [6, 6.07) is 8.80. The van der Waals surface area contributed by atoms with Gasteiger partial charge < -0.3 is 10.3 Å². The average molecular weight is 284 g/mol. The molecule has 0 saturated carbocycles. The Morgan fingerprint density at radius 2 is 2.05 bits per heavy atom. The molecule has 5 heteroatoms. The van der Waals surface area contributed by atoms with E-state index in [1.54, 1.807) is 0 Å². The van der Waals surface area contributed by atoms with E-state index < -0.39 is 0 Å². The molecule has 0 spiro atoms. The number of rotatable bonds is 2. The van der Waals surface area contributed by atoms with Crippen LogP contribution in [0.25, 0.3) is 10.9 Å². The van der Waals surface area contributed by atoms with E-state index in [4.69, 9.17) is 0 Å². The number of hydrogen-bond acceptors (Lipinski definition) is 4. The minimum Gasteiger partial charge on any atom is -0.310 e. The second-order valence-corrected chi connectivity index (χ2v) is 6.19. The quantitative estimate of drug-likeness (QED) is 0.871. The summed E-state index contributed by atoms with van der Waals surface area (Å²) in [6.07, 6.45) is 3.76.